The molecule has 0 aliphatic carbocycles. The van der Waals surface area contributed by atoms with Crippen LogP contribution in [0, 0.1) is 5.82 Å². The first-order valence-corrected chi connectivity index (χ1v) is 6.96. The molecule has 2 rings (SSSR count). The first-order valence-electron chi connectivity index (χ1n) is 6.96. The number of benzene rings is 2. The number of carboxylic acid groups (broad SMARTS) is 2. The molecule has 0 fully saturated rings. The minimum Gasteiger partial charge on any atom is -0.497 e. The Labute approximate surface area is 138 Å². The second-order valence-corrected chi connectivity index (χ2v) is 4.69. The third-order valence-corrected chi connectivity index (χ3v) is 2.89. The number of hydrogen-bond acceptors (Lipinski definition) is 4. The molecule has 0 bridgehead atoms. The number of nitrogens with one attached hydrogen (secondary N) is 1. The van der Waals surface area contributed by atoms with Crippen molar-refractivity contribution >= 4 is 11.9 Å². The Bertz CT molecular complexity index is 661. The van der Waals surface area contributed by atoms with Gasteiger partial charge in [0.15, 0.2) is 0 Å². The summed E-state index contributed by atoms with van der Waals surface area (Å²) in [6.07, 6.45) is 0. The predicted octanol–water partition coefficient (Wildman–Crippen LogP) is 2.28. The second-order valence-electron chi connectivity index (χ2n) is 4.69. The van der Waals surface area contributed by atoms with Gasteiger partial charge < -0.3 is 20.3 Å². The highest BCUT2D eigenvalue weighted by Gasteiger charge is 2.04. The first-order chi connectivity index (χ1) is 11.4. The Morgan fingerprint density at radius 2 is 1.58 bits per heavy atom. The Hall–Kier alpha value is -2.93. The van der Waals surface area contributed by atoms with E-state index >= 15 is 0 Å². The Morgan fingerprint density at radius 3 is 2.08 bits per heavy atom. The second kappa shape index (κ2) is 9.96. The number of aliphatic carboxylic acids is 2. The monoisotopic (exact) mass is 335 g/mol. The number of hydrogen-bond donors (Lipinski definition) is 3. The average Bonchev–Trinajstić information content (AvgIpc) is 2.56. The number of halogens is 1. The van der Waals surface area contributed by atoms with Crippen LogP contribution < -0.4 is 10.1 Å². The van der Waals surface area contributed by atoms with E-state index in [1.807, 2.05) is 30.3 Å². The van der Waals surface area contributed by atoms with Crippen molar-refractivity contribution in [2.75, 3.05) is 7.11 Å². The van der Waals surface area contributed by atoms with Crippen molar-refractivity contribution < 1.29 is 28.9 Å². The van der Waals surface area contributed by atoms with Gasteiger partial charge in [0.05, 0.1) is 7.11 Å². The topological polar surface area (TPSA) is 95.9 Å². The molecule has 0 amide bonds. The van der Waals surface area contributed by atoms with Crippen molar-refractivity contribution in [2.45, 2.75) is 13.1 Å². The number of ether oxygens (including phenoxy) is 1. The van der Waals surface area contributed by atoms with Gasteiger partial charge in [-0.05, 0) is 35.4 Å². The highest BCUT2D eigenvalue weighted by atomic mass is 19.1. The number of carboxylic acids is 2. The first kappa shape index (κ1) is 19.1. The number of rotatable bonds is 5. The molecule has 0 heterocycles. The van der Waals surface area contributed by atoms with Crippen LogP contribution in [0.1, 0.15) is 11.1 Å². The largest absolute Gasteiger partial charge is 0.497 e. The fraction of sp³-hybridized carbons (Fsp3) is 0.176. The summed E-state index contributed by atoms with van der Waals surface area (Å²) in [6, 6.07) is 14.5. The third kappa shape index (κ3) is 7.37. The van der Waals surface area contributed by atoms with Crippen molar-refractivity contribution in [3.63, 3.8) is 0 Å². The van der Waals surface area contributed by atoms with E-state index in [1.165, 1.54) is 11.6 Å². The zero-order chi connectivity index (χ0) is 17.9. The summed E-state index contributed by atoms with van der Waals surface area (Å²) in [7, 11) is 1.65. The van der Waals surface area contributed by atoms with Crippen LogP contribution in [0.5, 0.6) is 5.75 Å². The molecule has 0 atom stereocenters. The van der Waals surface area contributed by atoms with Gasteiger partial charge >= 0.3 is 11.9 Å². The lowest BCUT2D eigenvalue weighted by molar-refractivity contribution is -0.159. The number of methoxy groups -OCH3 is 1. The maximum atomic E-state index is 13.0. The third-order valence-electron chi connectivity index (χ3n) is 2.89. The lowest BCUT2D eigenvalue weighted by Crippen LogP contribution is -2.12. The lowest BCUT2D eigenvalue weighted by atomic mass is 10.2. The summed E-state index contributed by atoms with van der Waals surface area (Å²) in [5, 5.41) is 18.1. The summed E-state index contributed by atoms with van der Waals surface area (Å²) in [4.78, 5) is 18.2. The van der Waals surface area contributed by atoms with E-state index < -0.39 is 11.9 Å². The predicted molar refractivity (Wildman–Crippen MR) is 85.2 cm³/mol. The normalized spacial score (nSPS) is 9.58. The van der Waals surface area contributed by atoms with Gasteiger partial charge in [-0.2, -0.15) is 0 Å². The highest BCUT2D eigenvalue weighted by Crippen LogP contribution is 2.11. The van der Waals surface area contributed by atoms with Crippen LogP contribution >= 0.6 is 0 Å². The van der Waals surface area contributed by atoms with Crippen LogP contribution in [-0.2, 0) is 22.7 Å². The van der Waals surface area contributed by atoms with Gasteiger partial charge in [0.2, 0.25) is 0 Å². The molecule has 3 N–H and O–H groups in total. The van der Waals surface area contributed by atoms with Crippen LogP contribution in [0.4, 0.5) is 4.39 Å². The van der Waals surface area contributed by atoms with E-state index in [2.05, 4.69) is 5.32 Å². The maximum absolute atomic E-state index is 13.0. The summed E-state index contributed by atoms with van der Waals surface area (Å²) < 4.78 is 18.1. The van der Waals surface area contributed by atoms with E-state index in [0.717, 1.165) is 17.9 Å². The van der Waals surface area contributed by atoms with Gasteiger partial charge in [-0.15, -0.1) is 0 Å². The van der Waals surface area contributed by atoms with E-state index in [4.69, 9.17) is 24.5 Å². The molecule has 0 aliphatic heterocycles. The minimum atomic E-state index is -1.82. The summed E-state index contributed by atoms with van der Waals surface area (Å²) in [6.45, 7) is 1.41. The van der Waals surface area contributed by atoms with E-state index in [-0.39, 0.29) is 5.82 Å². The van der Waals surface area contributed by atoms with Crippen molar-refractivity contribution in [3.05, 3.63) is 65.5 Å². The molecule has 0 radical (unpaired) electrons. The van der Waals surface area contributed by atoms with E-state index in [0.29, 0.717) is 6.54 Å². The summed E-state index contributed by atoms with van der Waals surface area (Å²) in [5.74, 6) is -2.99. The molecule has 0 saturated carbocycles. The number of carbonyl (C=O) groups is 2. The molecule has 128 valence electrons. The molecule has 0 aromatic heterocycles. The summed E-state index contributed by atoms with van der Waals surface area (Å²) in [5.41, 5.74) is 2.12. The van der Waals surface area contributed by atoms with Crippen molar-refractivity contribution in [2.24, 2.45) is 0 Å². The smallest absolute Gasteiger partial charge is 0.414 e. The minimum absolute atomic E-state index is 0.196. The quantitative estimate of drug-likeness (QED) is 0.726. The van der Waals surface area contributed by atoms with E-state index in [9.17, 15) is 4.39 Å². The van der Waals surface area contributed by atoms with Crippen molar-refractivity contribution in [1.82, 2.24) is 5.32 Å². The van der Waals surface area contributed by atoms with Crippen LogP contribution in [0.3, 0.4) is 0 Å². The standard InChI is InChI=1S/C15H16FNO.C2H2O4/c1-18-15-7-5-12(6-8-15)10-17-11-13-3-2-4-14(16)9-13;3-1(4)2(5)6/h2-9,17H,10-11H2,1H3;(H,3,4)(H,5,6). The maximum Gasteiger partial charge on any atom is 0.414 e. The molecular weight excluding hydrogens is 317 g/mol. The van der Waals surface area contributed by atoms with Gasteiger partial charge in [-0.1, -0.05) is 24.3 Å². The molecule has 0 spiro atoms. The fourth-order valence-electron chi connectivity index (χ4n) is 1.74. The Balaban J connectivity index is 0.000000413. The molecule has 0 aliphatic rings. The molecule has 2 aromatic carbocycles. The summed E-state index contributed by atoms with van der Waals surface area (Å²) >= 11 is 0. The molecule has 24 heavy (non-hydrogen) atoms. The lowest BCUT2D eigenvalue weighted by Gasteiger charge is -2.06. The van der Waals surface area contributed by atoms with Crippen molar-refractivity contribution in [3.8, 4) is 5.75 Å². The van der Waals surface area contributed by atoms with Gasteiger partial charge in [-0.3, -0.25) is 0 Å². The Kier molecular flexibility index (Phi) is 7.93. The molecule has 0 saturated heterocycles. The van der Waals surface area contributed by atoms with Crippen molar-refractivity contribution in [1.29, 1.82) is 0 Å². The molecule has 2 aromatic rings. The Morgan fingerprint density at radius 1 is 1.00 bits per heavy atom. The average molecular weight is 335 g/mol. The highest BCUT2D eigenvalue weighted by molar-refractivity contribution is 6.27. The van der Waals surface area contributed by atoms with Gasteiger partial charge in [0.1, 0.15) is 11.6 Å². The molecule has 7 heteroatoms. The SMILES string of the molecule is COc1ccc(CNCc2cccc(F)c2)cc1.O=C(O)C(=O)O. The molecule has 6 nitrogen and oxygen atoms in total. The van der Waals surface area contributed by atoms with Crippen LogP contribution in [0.2, 0.25) is 0 Å². The zero-order valence-electron chi connectivity index (χ0n) is 13.0. The zero-order valence-corrected chi connectivity index (χ0v) is 13.0. The van der Waals surface area contributed by atoms with E-state index in [1.54, 1.807) is 19.2 Å². The van der Waals surface area contributed by atoms with Crippen LogP contribution in [0.15, 0.2) is 48.5 Å². The van der Waals surface area contributed by atoms with Gasteiger partial charge in [0.25, 0.3) is 0 Å². The van der Waals surface area contributed by atoms with Crippen LogP contribution in [0.25, 0.3) is 0 Å². The molecular formula is C17H18FNO5. The molecule has 0 unspecified atom stereocenters. The van der Waals surface area contributed by atoms with Gasteiger partial charge in [-0.25, -0.2) is 14.0 Å². The fourth-order valence-corrected chi connectivity index (χ4v) is 1.74. The van der Waals surface area contributed by atoms with Crippen LogP contribution in [-0.4, -0.2) is 29.3 Å². The van der Waals surface area contributed by atoms with Gasteiger partial charge in [0, 0.05) is 13.1 Å².